The maximum absolute atomic E-state index is 14.6. The lowest BCUT2D eigenvalue weighted by molar-refractivity contribution is 0.0527. The fourth-order valence-corrected chi connectivity index (χ4v) is 2.26. The first-order valence-corrected chi connectivity index (χ1v) is 6.87. The summed E-state index contributed by atoms with van der Waals surface area (Å²) < 4.78 is 24.4. The van der Waals surface area contributed by atoms with Gasteiger partial charge in [0.1, 0.15) is 0 Å². The molecule has 2 aromatic carbocycles. The van der Waals surface area contributed by atoms with E-state index in [1.807, 2.05) is 0 Å². The lowest BCUT2D eigenvalue weighted by atomic mass is 9.93. The number of hydrogen-bond donors (Lipinski definition) is 1. The molecule has 0 aliphatic heterocycles. The zero-order chi connectivity index (χ0) is 17.0. The topological polar surface area (TPSA) is 72.8 Å². The number of carboxylic acids is 1. The Morgan fingerprint density at radius 2 is 1.78 bits per heavy atom. The van der Waals surface area contributed by atoms with Crippen molar-refractivity contribution in [2.45, 2.75) is 6.92 Å². The van der Waals surface area contributed by atoms with Crippen LogP contribution in [0.4, 0.5) is 4.39 Å². The van der Waals surface area contributed by atoms with E-state index in [4.69, 9.17) is 9.47 Å². The van der Waals surface area contributed by atoms with Crippen molar-refractivity contribution in [3.05, 3.63) is 53.3 Å². The molecule has 0 bridgehead atoms. The van der Waals surface area contributed by atoms with Crippen molar-refractivity contribution in [2.75, 3.05) is 13.7 Å². The van der Waals surface area contributed by atoms with Crippen molar-refractivity contribution in [3.63, 3.8) is 0 Å². The summed E-state index contributed by atoms with van der Waals surface area (Å²) in [5, 5.41) is 9.37. The van der Waals surface area contributed by atoms with Crippen molar-refractivity contribution >= 4 is 11.9 Å². The Kier molecular flexibility index (Phi) is 4.95. The van der Waals surface area contributed by atoms with E-state index in [9.17, 15) is 19.1 Å². The molecule has 0 radical (unpaired) electrons. The quantitative estimate of drug-likeness (QED) is 0.856. The number of carboxylic acid groups (broad SMARTS) is 1. The zero-order valence-corrected chi connectivity index (χ0v) is 12.6. The molecular weight excluding hydrogens is 303 g/mol. The molecule has 0 saturated carbocycles. The Morgan fingerprint density at radius 3 is 2.39 bits per heavy atom. The van der Waals surface area contributed by atoms with Crippen LogP contribution in [0.2, 0.25) is 0 Å². The second-order valence-corrected chi connectivity index (χ2v) is 4.58. The molecule has 0 amide bonds. The van der Waals surface area contributed by atoms with E-state index in [-0.39, 0.29) is 34.6 Å². The summed E-state index contributed by atoms with van der Waals surface area (Å²) in [6.07, 6.45) is 0. The summed E-state index contributed by atoms with van der Waals surface area (Å²) in [4.78, 5) is 23.6. The van der Waals surface area contributed by atoms with E-state index in [1.54, 1.807) is 6.92 Å². The van der Waals surface area contributed by atoms with E-state index in [0.717, 1.165) is 0 Å². The first-order valence-electron chi connectivity index (χ1n) is 6.87. The SMILES string of the molecule is CCOC(=O)c1cccc(C(=O)O)c1-c1cccc(OC)c1F. The predicted molar refractivity (Wildman–Crippen MR) is 81.3 cm³/mol. The molecule has 2 rings (SSSR count). The van der Waals surface area contributed by atoms with Crippen LogP contribution in [0.1, 0.15) is 27.6 Å². The Morgan fingerprint density at radius 1 is 1.13 bits per heavy atom. The number of carbonyl (C=O) groups is 2. The molecule has 0 fully saturated rings. The zero-order valence-electron chi connectivity index (χ0n) is 12.6. The molecule has 23 heavy (non-hydrogen) atoms. The van der Waals surface area contributed by atoms with Crippen LogP contribution in [0.25, 0.3) is 11.1 Å². The second-order valence-electron chi connectivity index (χ2n) is 4.58. The molecule has 0 heterocycles. The molecule has 1 N–H and O–H groups in total. The molecule has 120 valence electrons. The van der Waals surface area contributed by atoms with Gasteiger partial charge in [-0.05, 0) is 25.1 Å². The van der Waals surface area contributed by atoms with Crippen LogP contribution in [0, 0.1) is 5.82 Å². The molecule has 0 aromatic heterocycles. The maximum atomic E-state index is 14.6. The maximum Gasteiger partial charge on any atom is 0.338 e. The molecular formula is C17H15FO5. The van der Waals surface area contributed by atoms with E-state index in [2.05, 4.69) is 0 Å². The molecule has 2 aromatic rings. The highest BCUT2D eigenvalue weighted by Gasteiger charge is 2.24. The lowest BCUT2D eigenvalue weighted by Crippen LogP contribution is -2.11. The third-order valence-corrected chi connectivity index (χ3v) is 3.24. The van der Waals surface area contributed by atoms with Crippen molar-refractivity contribution in [3.8, 4) is 16.9 Å². The van der Waals surface area contributed by atoms with Crippen LogP contribution in [-0.2, 0) is 4.74 Å². The highest BCUT2D eigenvalue weighted by Crippen LogP contribution is 2.34. The van der Waals surface area contributed by atoms with E-state index in [0.29, 0.717) is 0 Å². The molecule has 0 aliphatic carbocycles. The van der Waals surface area contributed by atoms with Gasteiger partial charge >= 0.3 is 11.9 Å². The van der Waals surface area contributed by atoms with Gasteiger partial charge in [0.25, 0.3) is 0 Å². The third-order valence-electron chi connectivity index (χ3n) is 3.24. The number of carbonyl (C=O) groups excluding carboxylic acids is 1. The van der Waals surface area contributed by atoms with Crippen molar-refractivity contribution in [2.24, 2.45) is 0 Å². The normalized spacial score (nSPS) is 10.2. The van der Waals surface area contributed by atoms with Gasteiger partial charge in [-0.1, -0.05) is 18.2 Å². The summed E-state index contributed by atoms with van der Waals surface area (Å²) in [5.41, 5.74) is -0.276. The van der Waals surface area contributed by atoms with Gasteiger partial charge in [0.2, 0.25) is 0 Å². The smallest absolute Gasteiger partial charge is 0.338 e. The summed E-state index contributed by atoms with van der Waals surface area (Å²) in [7, 11) is 1.30. The number of benzene rings is 2. The summed E-state index contributed by atoms with van der Waals surface area (Å²) in [6.45, 7) is 1.75. The molecule has 0 aliphatic rings. The van der Waals surface area contributed by atoms with Crippen LogP contribution >= 0.6 is 0 Å². The Balaban J connectivity index is 2.78. The number of methoxy groups -OCH3 is 1. The van der Waals surface area contributed by atoms with Crippen LogP contribution in [0.5, 0.6) is 5.75 Å². The average Bonchev–Trinajstić information content (AvgIpc) is 2.54. The van der Waals surface area contributed by atoms with Gasteiger partial charge in [-0.25, -0.2) is 14.0 Å². The van der Waals surface area contributed by atoms with Crippen LogP contribution < -0.4 is 4.74 Å². The molecule has 5 nitrogen and oxygen atoms in total. The largest absolute Gasteiger partial charge is 0.494 e. The van der Waals surface area contributed by atoms with Gasteiger partial charge in [-0.15, -0.1) is 0 Å². The number of hydrogen-bond acceptors (Lipinski definition) is 4. The minimum absolute atomic E-state index is 0.0149. The van der Waals surface area contributed by atoms with Gasteiger partial charge in [0.05, 0.1) is 24.8 Å². The summed E-state index contributed by atoms with van der Waals surface area (Å²) in [6, 6.07) is 8.44. The summed E-state index contributed by atoms with van der Waals surface area (Å²) >= 11 is 0. The molecule has 0 atom stereocenters. The van der Waals surface area contributed by atoms with Crippen molar-refractivity contribution < 1.29 is 28.6 Å². The first kappa shape index (κ1) is 16.5. The monoisotopic (exact) mass is 318 g/mol. The lowest BCUT2D eigenvalue weighted by Gasteiger charge is -2.14. The van der Waals surface area contributed by atoms with Crippen LogP contribution in [0.3, 0.4) is 0 Å². The van der Waals surface area contributed by atoms with Gasteiger partial charge in [0, 0.05) is 11.1 Å². The number of halogens is 1. The van der Waals surface area contributed by atoms with E-state index >= 15 is 0 Å². The predicted octanol–water partition coefficient (Wildman–Crippen LogP) is 3.38. The molecule has 0 spiro atoms. The number of aromatic carboxylic acids is 1. The molecule has 6 heteroatoms. The van der Waals surface area contributed by atoms with Crippen molar-refractivity contribution in [1.82, 2.24) is 0 Å². The van der Waals surface area contributed by atoms with Gasteiger partial charge in [-0.2, -0.15) is 0 Å². The van der Waals surface area contributed by atoms with Crippen LogP contribution in [0.15, 0.2) is 36.4 Å². The van der Waals surface area contributed by atoms with Crippen molar-refractivity contribution in [1.29, 1.82) is 0 Å². The van der Waals surface area contributed by atoms with E-state index < -0.39 is 17.8 Å². The first-order chi connectivity index (χ1) is 11.0. The number of rotatable bonds is 5. The third kappa shape index (κ3) is 3.15. The molecule has 0 unspecified atom stereocenters. The second kappa shape index (κ2) is 6.91. The fraction of sp³-hybridized carbons (Fsp3) is 0.176. The van der Waals surface area contributed by atoms with Crippen LogP contribution in [-0.4, -0.2) is 30.8 Å². The van der Waals surface area contributed by atoms with Gasteiger partial charge in [-0.3, -0.25) is 0 Å². The Bertz CT molecular complexity index is 755. The minimum atomic E-state index is -1.27. The van der Waals surface area contributed by atoms with E-state index in [1.165, 1.54) is 43.5 Å². The average molecular weight is 318 g/mol. The Hall–Kier alpha value is -2.89. The number of esters is 1. The number of ether oxygens (including phenoxy) is 2. The Labute approximate surface area is 132 Å². The highest BCUT2D eigenvalue weighted by atomic mass is 19.1. The van der Waals surface area contributed by atoms with Gasteiger partial charge < -0.3 is 14.6 Å². The van der Waals surface area contributed by atoms with Gasteiger partial charge in [0.15, 0.2) is 11.6 Å². The fourth-order valence-electron chi connectivity index (χ4n) is 2.26. The standard InChI is InChI=1S/C17H15FO5/c1-3-23-17(21)12-8-4-7-11(16(19)20)14(12)10-6-5-9-13(22-2)15(10)18/h4-9H,3H2,1-2H3,(H,19,20). The minimum Gasteiger partial charge on any atom is -0.494 e. The molecule has 0 saturated heterocycles. The highest BCUT2D eigenvalue weighted by molar-refractivity contribution is 6.05. The summed E-state index contributed by atoms with van der Waals surface area (Å²) in [5.74, 6) is -2.77.